The van der Waals surface area contributed by atoms with E-state index < -0.39 is 5.97 Å². The number of H-pyrrole nitrogens is 1. The van der Waals surface area contributed by atoms with Crippen molar-refractivity contribution in [2.24, 2.45) is 0 Å². The van der Waals surface area contributed by atoms with Gasteiger partial charge in [-0.15, -0.1) is 0 Å². The summed E-state index contributed by atoms with van der Waals surface area (Å²) in [4.78, 5) is 23.6. The molecule has 1 heterocycles. The summed E-state index contributed by atoms with van der Waals surface area (Å²) < 4.78 is 5.23. The third kappa shape index (κ3) is 2.81. The van der Waals surface area contributed by atoms with Crippen molar-refractivity contribution in [2.75, 3.05) is 0 Å². The largest absolute Gasteiger partial charge is 0.426 e. The summed E-state index contributed by atoms with van der Waals surface area (Å²) >= 11 is 0. The van der Waals surface area contributed by atoms with Crippen LogP contribution in [0.2, 0.25) is 0 Å². The molecule has 3 aromatic rings. The number of carbonyl (C=O) groups excluding carboxylic acids is 1. The summed E-state index contributed by atoms with van der Waals surface area (Å²) in [5.74, 6) is 0.0575. The van der Waals surface area contributed by atoms with E-state index in [-0.39, 0.29) is 12.0 Å². The molecule has 3 rings (SSSR count). The highest BCUT2D eigenvalue weighted by Gasteiger charge is 2.12. The van der Waals surface area contributed by atoms with Gasteiger partial charge in [-0.1, -0.05) is 36.4 Å². The topological polar surface area (TPSA) is 72.0 Å². The predicted molar refractivity (Wildman–Crippen MR) is 78.1 cm³/mol. The number of rotatable bonds is 3. The lowest BCUT2D eigenvalue weighted by atomic mass is 10.1. The summed E-state index contributed by atoms with van der Waals surface area (Å²) in [5.41, 5.74) is 0.219. The predicted octanol–water partition coefficient (Wildman–Crippen LogP) is 2.07. The van der Waals surface area contributed by atoms with Crippen LogP contribution in [-0.4, -0.2) is 16.2 Å². The van der Waals surface area contributed by atoms with Crippen molar-refractivity contribution in [1.29, 1.82) is 0 Å². The highest BCUT2D eigenvalue weighted by molar-refractivity contribution is 5.87. The molecule has 0 saturated carbocycles. The van der Waals surface area contributed by atoms with Crippen LogP contribution in [0.4, 0.5) is 0 Å². The molecule has 5 nitrogen and oxygen atoms in total. The SMILES string of the molecule is O=C(Cc1n[nH]c(=O)c2ccccc12)Oc1ccccc1. The lowest BCUT2D eigenvalue weighted by Gasteiger charge is -2.05. The molecule has 0 radical (unpaired) electrons. The van der Waals surface area contributed by atoms with Crippen molar-refractivity contribution in [3.05, 3.63) is 70.6 Å². The Morgan fingerprint density at radius 2 is 1.67 bits per heavy atom. The van der Waals surface area contributed by atoms with Gasteiger partial charge in [-0.3, -0.25) is 9.59 Å². The van der Waals surface area contributed by atoms with Crippen molar-refractivity contribution >= 4 is 16.7 Å². The second kappa shape index (κ2) is 5.58. The lowest BCUT2D eigenvalue weighted by Crippen LogP contribution is -2.16. The fourth-order valence-electron chi connectivity index (χ4n) is 2.10. The number of esters is 1. The van der Waals surface area contributed by atoms with Gasteiger partial charge in [0.25, 0.3) is 5.56 Å². The summed E-state index contributed by atoms with van der Waals surface area (Å²) in [6.07, 6.45) is -0.00775. The maximum Gasteiger partial charge on any atom is 0.317 e. The van der Waals surface area contributed by atoms with Crippen molar-refractivity contribution in [2.45, 2.75) is 6.42 Å². The van der Waals surface area contributed by atoms with Crippen molar-refractivity contribution in [3.63, 3.8) is 0 Å². The Morgan fingerprint density at radius 3 is 2.43 bits per heavy atom. The number of benzene rings is 2. The minimum atomic E-state index is -0.425. The minimum absolute atomic E-state index is 0.00775. The van der Waals surface area contributed by atoms with Crippen LogP contribution in [0.15, 0.2) is 59.4 Å². The number of hydrogen-bond acceptors (Lipinski definition) is 4. The van der Waals surface area contributed by atoms with Crippen molar-refractivity contribution in [3.8, 4) is 5.75 Å². The van der Waals surface area contributed by atoms with E-state index in [4.69, 9.17) is 4.74 Å². The van der Waals surface area contributed by atoms with E-state index in [0.29, 0.717) is 22.2 Å². The number of carbonyl (C=O) groups is 1. The van der Waals surface area contributed by atoms with Crippen molar-refractivity contribution in [1.82, 2.24) is 10.2 Å². The summed E-state index contributed by atoms with van der Waals surface area (Å²) in [7, 11) is 0. The van der Waals surface area contributed by atoms with E-state index in [1.165, 1.54) is 0 Å². The fourth-order valence-corrected chi connectivity index (χ4v) is 2.10. The van der Waals surface area contributed by atoms with E-state index in [1.54, 1.807) is 48.5 Å². The second-order valence-electron chi connectivity index (χ2n) is 4.51. The molecule has 0 unspecified atom stereocenters. The van der Waals surface area contributed by atoms with Gasteiger partial charge in [0, 0.05) is 5.39 Å². The highest BCUT2D eigenvalue weighted by atomic mass is 16.5. The first-order chi connectivity index (χ1) is 10.2. The van der Waals surface area contributed by atoms with Crippen LogP contribution < -0.4 is 10.3 Å². The average molecular weight is 280 g/mol. The highest BCUT2D eigenvalue weighted by Crippen LogP contribution is 2.14. The van der Waals surface area contributed by atoms with Crippen LogP contribution in [0.5, 0.6) is 5.75 Å². The molecule has 1 aromatic heterocycles. The molecule has 21 heavy (non-hydrogen) atoms. The average Bonchev–Trinajstić information content (AvgIpc) is 2.51. The quantitative estimate of drug-likeness (QED) is 0.589. The lowest BCUT2D eigenvalue weighted by molar-refractivity contribution is -0.133. The number of hydrogen-bond donors (Lipinski definition) is 1. The normalized spacial score (nSPS) is 10.5. The first kappa shape index (κ1) is 13.1. The zero-order valence-corrected chi connectivity index (χ0v) is 11.1. The van der Waals surface area contributed by atoms with Crippen LogP contribution in [-0.2, 0) is 11.2 Å². The number of aromatic nitrogens is 2. The standard InChI is InChI=1S/C16H12N2O3/c19-15(21-11-6-2-1-3-7-11)10-14-12-8-4-5-9-13(12)16(20)18-17-14/h1-9H,10H2,(H,18,20). The Bertz CT molecular complexity index is 841. The number of nitrogens with one attached hydrogen (secondary N) is 1. The monoisotopic (exact) mass is 280 g/mol. The van der Waals surface area contributed by atoms with E-state index >= 15 is 0 Å². The number of fused-ring (bicyclic) bond motifs is 1. The first-order valence-electron chi connectivity index (χ1n) is 6.46. The zero-order chi connectivity index (χ0) is 14.7. The van der Waals surface area contributed by atoms with Gasteiger partial charge in [-0.05, 0) is 18.2 Å². The van der Waals surface area contributed by atoms with Gasteiger partial charge in [0.1, 0.15) is 5.75 Å². The molecule has 0 bridgehead atoms. The molecule has 0 aliphatic rings. The summed E-state index contributed by atoms with van der Waals surface area (Å²) in [6.45, 7) is 0. The maximum absolute atomic E-state index is 12.0. The third-order valence-electron chi connectivity index (χ3n) is 3.06. The molecule has 1 N–H and O–H groups in total. The Kier molecular flexibility index (Phi) is 3.47. The Balaban J connectivity index is 1.87. The Labute approximate surface area is 120 Å². The van der Waals surface area contributed by atoms with E-state index in [9.17, 15) is 9.59 Å². The molecule has 0 amide bonds. The van der Waals surface area contributed by atoms with Gasteiger partial charge in [0.15, 0.2) is 0 Å². The second-order valence-corrected chi connectivity index (χ2v) is 4.51. The zero-order valence-electron chi connectivity index (χ0n) is 11.1. The van der Waals surface area contributed by atoms with Crippen LogP contribution in [0.3, 0.4) is 0 Å². The summed E-state index contributed by atoms with van der Waals surface area (Å²) in [6, 6.07) is 15.9. The minimum Gasteiger partial charge on any atom is -0.426 e. The molecule has 0 aliphatic carbocycles. The van der Waals surface area contributed by atoms with Crippen LogP contribution >= 0.6 is 0 Å². The Hall–Kier alpha value is -2.95. The molecular weight excluding hydrogens is 268 g/mol. The van der Waals surface area contributed by atoms with Gasteiger partial charge in [-0.25, -0.2) is 5.10 Å². The third-order valence-corrected chi connectivity index (χ3v) is 3.06. The smallest absolute Gasteiger partial charge is 0.317 e. The molecule has 5 heteroatoms. The van der Waals surface area contributed by atoms with Gasteiger partial charge in [0.05, 0.1) is 17.5 Å². The number of aromatic amines is 1. The molecule has 0 fully saturated rings. The number of para-hydroxylation sites is 1. The van der Waals surface area contributed by atoms with Gasteiger partial charge >= 0.3 is 5.97 Å². The van der Waals surface area contributed by atoms with Gasteiger partial charge in [-0.2, -0.15) is 5.10 Å². The van der Waals surface area contributed by atoms with Crippen LogP contribution in [0, 0.1) is 0 Å². The van der Waals surface area contributed by atoms with Gasteiger partial charge in [0.2, 0.25) is 0 Å². The fraction of sp³-hybridized carbons (Fsp3) is 0.0625. The van der Waals surface area contributed by atoms with E-state index in [1.807, 2.05) is 6.07 Å². The summed E-state index contributed by atoms with van der Waals surface area (Å²) in [5, 5.41) is 7.52. The molecule has 0 saturated heterocycles. The maximum atomic E-state index is 12.0. The van der Waals surface area contributed by atoms with Crippen LogP contribution in [0.25, 0.3) is 10.8 Å². The number of nitrogens with zero attached hydrogens (tertiary/aromatic N) is 1. The van der Waals surface area contributed by atoms with Gasteiger partial charge < -0.3 is 4.74 Å². The van der Waals surface area contributed by atoms with Crippen molar-refractivity contribution < 1.29 is 9.53 Å². The molecule has 104 valence electrons. The number of ether oxygens (including phenoxy) is 1. The molecule has 2 aromatic carbocycles. The van der Waals surface area contributed by atoms with Crippen LogP contribution in [0.1, 0.15) is 5.69 Å². The molecule has 0 atom stereocenters. The Morgan fingerprint density at radius 1 is 1.00 bits per heavy atom. The molecule has 0 aliphatic heterocycles. The molecular formula is C16H12N2O3. The first-order valence-corrected chi connectivity index (χ1v) is 6.46. The molecule has 0 spiro atoms. The van der Waals surface area contributed by atoms with E-state index in [2.05, 4.69) is 10.2 Å². The van der Waals surface area contributed by atoms with E-state index in [0.717, 1.165) is 0 Å².